The molecule has 0 aromatic heterocycles. The largest absolute Gasteiger partial charge is 0.390 e. The van der Waals surface area contributed by atoms with Gasteiger partial charge in [-0.25, -0.2) is 0 Å². The van der Waals surface area contributed by atoms with Crippen LogP contribution in [0.2, 0.25) is 0 Å². The Morgan fingerprint density at radius 3 is 2.60 bits per heavy atom. The Bertz CT molecular complexity index is 405. The van der Waals surface area contributed by atoms with Crippen molar-refractivity contribution in [1.82, 2.24) is 9.80 Å². The minimum Gasteiger partial charge on any atom is -0.302 e. The average Bonchev–Trinajstić information content (AvgIpc) is 2.85. The van der Waals surface area contributed by atoms with Crippen LogP contribution in [-0.4, -0.2) is 48.7 Å². The van der Waals surface area contributed by atoms with Gasteiger partial charge >= 0.3 is 6.18 Å². The van der Waals surface area contributed by atoms with E-state index in [9.17, 15) is 13.2 Å². The average molecular weight is 286 g/mol. The third-order valence-corrected chi connectivity index (χ3v) is 3.87. The minimum atomic E-state index is -4.06. The second-order valence-corrected chi connectivity index (χ2v) is 5.51. The van der Waals surface area contributed by atoms with E-state index in [1.165, 1.54) is 5.56 Å². The summed E-state index contributed by atoms with van der Waals surface area (Å²) in [5.41, 5.74) is 1.26. The SMILES string of the molecule is CN(CCC(F)(F)F)[C@@H]1CCN(Cc2ccccc2)C1. The number of benzene rings is 1. The molecule has 112 valence electrons. The number of nitrogens with zero attached hydrogens (tertiary/aromatic N) is 2. The standard InChI is InChI=1S/C15H21F3N2/c1-19(10-8-15(16,17)18)14-7-9-20(12-14)11-13-5-3-2-4-6-13/h2-6,14H,7-12H2,1H3/t14-/m1/s1. The lowest BCUT2D eigenvalue weighted by Gasteiger charge is -2.25. The van der Waals surface area contributed by atoms with Crippen molar-refractivity contribution < 1.29 is 13.2 Å². The molecule has 1 fully saturated rings. The molecule has 0 N–H and O–H groups in total. The summed E-state index contributed by atoms with van der Waals surface area (Å²) >= 11 is 0. The van der Waals surface area contributed by atoms with Crippen molar-refractivity contribution in [1.29, 1.82) is 0 Å². The highest BCUT2D eigenvalue weighted by Crippen LogP contribution is 2.22. The van der Waals surface area contributed by atoms with Crippen molar-refractivity contribution in [2.24, 2.45) is 0 Å². The first-order valence-electron chi connectivity index (χ1n) is 6.97. The van der Waals surface area contributed by atoms with Gasteiger partial charge in [0.1, 0.15) is 0 Å². The maximum absolute atomic E-state index is 12.2. The molecule has 2 nitrogen and oxygen atoms in total. The van der Waals surface area contributed by atoms with Crippen molar-refractivity contribution in [3.8, 4) is 0 Å². The van der Waals surface area contributed by atoms with E-state index in [2.05, 4.69) is 17.0 Å². The van der Waals surface area contributed by atoms with Gasteiger partial charge in [0.05, 0.1) is 6.42 Å². The van der Waals surface area contributed by atoms with Gasteiger partial charge in [-0.3, -0.25) is 4.90 Å². The molecule has 0 bridgehead atoms. The maximum atomic E-state index is 12.2. The minimum absolute atomic E-state index is 0.0906. The highest BCUT2D eigenvalue weighted by molar-refractivity contribution is 5.14. The van der Waals surface area contributed by atoms with E-state index >= 15 is 0 Å². The van der Waals surface area contributed by atoms with Gasteiger partial charge in [-0.15, -0.1) is 0 Å². The van der Waals surface area contributed by atoms with E-state index in [1.807, 2.05) is 23.1 Å². The number of likely N-dealkylation sites (tertiary alicyclic amines) is 1. The summed E-state index contributed by atoms with van der Waals surface area (Å²) in [6, 6.07) is 10.4. The van der Waals surface area contributed by atoms with Crippen LogP contribution < -0.4 is 0 Å². The van der Waals surface area contributed by atoms with Gasteiger partial charge in [-0.2, -0.15) is 13.2 Å². The number of rotatable bonds is 5. The van der Waals surface area contributed by atoms with Crippen LogP contribution >= 0.6 is 0 Å². The van der Waals surface area contributed by atoms with E-state index in [4.69, 9.17) is 0 Å². The zero-order valence-electron chi connectivity index (χ0n) is 11.7. The van der Waals surface area contributed by atoms with Crippen molar-refractivity contribution in [2.75, 3.05) is 26.7 Å². The number of hydrogen-bond acceptors (Lipinski definition) is 2. The normalized spacial score (nSPS) is 20.8. The monoisotopic (exact) mass is 286 g/mol. The zero-order valence-corrected chi connectivity index (χ0v) is 11.7. The predicted molar refractivity (Wildman–Crippen MR) is 73.4 cm³/mol. The Morgan fingerprint density at radius 1 is 1.25 bits per heavy atom. The molecule has 1 atom stereocenters. The molecular weight excluding hydrogens is 265 g/mol. The molecule has 0 saturated carbocycles. The summed E-state index contributed by atoms with van der Waals surface area (Å²) in [6.07, 6.45) is -3.84. The Balaban J connectivity index is 1.77. The molecule has 1 aliphatic rings. The topological polar surface area (TPSA) is 6.48 Å². The fourth-order valence-electron chi connectivity index (χ4n) is 2.64. The number of halogens is 3. The first-order valence-corrected chi connectivity index (χ1v) is 6.97. The smallest absolute Gasteiger partial charge is 0.302 e. The summed E-state index contributed by atoms with van der Waals surface area (Å²) in [5, 5.41) is 0. The van der Waals surface area contributed by atoms with Crippen molar-refractivity contribution in [3.05, 3.63) is 35.9 Å². The molecular formula is C15H21F3N2. The molecule has 1 heterocycles. The van der Waals surface area contributed by atoms with E-state index in [0.717, 1.165) is 26.1 Å². The molecule has 2 rings (SSSR count). The highest BCUT2D eigenvalue weighted by Gasteiger charge is 2.30. The van der Waals surface area contributed by atoms with Gasteiger partial charge < -0.3 is 4.90 Å². The first kappa shape index (κ1) is 15.3. The molecule has 1 saturated heterocycles. The molecule has 0 radical (unpaired) electrons. The van der Waals surface area contributed by atoms with Crippen LogP contribution in [0, 0.1) is 0 Å². The highest BCUT2D eigenvalue weighted by atomic mass is 19.4. The van der Waals surface area contributed by atoms with Crippen molar-refractivity contribution >= 4 is 0 Å². The summed E-state index contributed by atoms with van der Waals surface area (Å²) in [4.78, 5) is 4.16. The van der Waals surface area contributed by atoms with Gasteiger partial charge in [-0.1, -0.05) is 30.3 Å². The summed E-state index contributed by atoms with van der Waals surface area (Å²) in [5.74, 6) is 0. The second kappa shape index (κ2) is 6.59. The Labute approximate surface area is 118 Å². The third kappa shape index (κ3) is 4.80. The molecule has 0 amide bonds. The van der Waals surface area contributed by atoms with E-state index < -0.39 is 12.6 Å². The second-order valence-electron chi connectivity index (χ2n) is 5.51. The quantitative estimate of drug-likeness (QED) is 0.820. The Kier molecular flexibility index (Phi) is 5.05. The van der Waals surface area contributed by atoms with E-state index in [0.29, 0.717) is 0 Å². The molecule has 5 heteroatoms. The lowest BCUT2D eigenvalue weighted by molar-refractivity contribution is -0.138. The first-order chi connectivity index (χ1) is 9.44. The molecule has 1 aromatic carbocycles. The fraction of sp³-hybridized carbons (Fsp3) is 0.600. The molecule has 0 unspecified atom stereocenters. The van der Waals surface area contributed by atoms with Gasteiger partial charge in [0.2, 0.25) is 0 Å². The van der Waals surface area contributed by atoms with Crippen molar-refractivity contribution in [3.63, 3.8) is 0 Å². The van der Waals surface area contributed by atoms with Gasteiger partial charge in [0.25, 0.3) is 0 Å². The van der Waals surface area contributed by atoms with Crippen molar-refractivity contribution in [2.45, 2.75) is 31.6 Å². The van der Waals surface area contributed by atoms with Gasteiger partial charge in [0.15, 0.2) is 0 Å². The number of likely N-dealkylation sites (N-methyl/N-ethyl adjacent to an activating group) is 1. The Hall–Kier alpha value is -1.07. The van der Waals surface area contributed by atoms with Crippen LogP contribution in [0.1, 0.15) is 18.4 Å². The maximum Gasteiger partial charge on any atom is 0.390 e. The summed E-state index contributed by atoms with van der Waals surface area (Å²) < 4.78 is 36.7. The predicted octanol–water partition coefficient (Wildman–Crippen LogP) is 3.15. The van der Waals surface area contributed by atoms with E-state index in [1.54, 1.807) is 7.05 Å². The van der Waals surface area contributed by atoms with E-state index in [-0.39, 0.29) is 12.6 Å². The fourth-order valence-corrected chi connectivity index (χ4v) is 2.64. The molecule has 20 heavy (non-hydrogen) atoms. The van der Waals surface area contributed by atoms with Crippen LogP contribution in [0.15, 0.2) is 30.3 Å². The number of hydrogen-bond donors (Lipinski definition) is 0. The number of alkyl halides is 3. The molecule has 1 aliphatic heterocycles. The molecule has 0 spiro atoms. The lowest BCUT2D eigenvalue weighted by atomic mass is 10.2. The van der Waals surface area contributed by atoms with Crippen LogP contribution in [0.3, 0.4) is 0 Å². The van der Waals surface area contributed by atoms with Gasteiger partial charge in [-0.05, 0) is 19.0 Å². The van der Waals surface area contributed by atoms with Crippen LogP contribution in [0.4, 0.5) is 13.2 Å². The Morgan fingerprint density at radius 2 is 1.95 bits per heavy atom. The summed E-state index contributed by atoms with van der Waals surface area (Å²) in [7, 11) is 1.79. The summed E-state index contributed by atoms with van der Waals surface area (Å²) in [6.45, 7) is 2.77. The van der Waals surface area contributed by atoms with Crippen LogP contribution in [0.25, 0.3) is 0 Å². The van der Waals surface area contributed by atoms with Gasteiger partial charge in [0, 0.05) is 32.2 Å². The van der Waals surface area contributed by atoms with Crippen LogP contribution in [0.5, 0.6) is 0 Å². The molecule has 0 aliphatic carbocycles. The zero-order chi connectivity index (χ0) is 14.6. The molecule has 1 aromatic rings. The lowest BCUT2D eigenvalue weighted by Crippen LogP contribution is -2.36. The van der Waals surface area contributed by atoms with Crippen LogP contribution in [-0.2, 0) is 6.54 Å². The third-order valence-electron chi connectivity index (χ3n) is 3.87.